The molecule has 6 heteroatoms. The third-order valence-corrected chi connectivity index (χ3v) is 4.03. The molecule has 1 aliphatic carbocycles. The SMILES string of the molecule is Cc1nc(C(=O)NC2CC(CO)(c3ccccc3)C2)no1. The van der Waals surface area contributed by atoms with E-state index < -0.39 is 0 Å². The molecule has 1 aliphatic rings. The van der Waals surface area contributed by atoms with Gasteiger partial charge in [-0.15, -0.1) is 0 Å². The van der Waals surface area contributed by atoms with E-state index in [2.05, 4.69) is 15.5 Å². The van der Waals surface area contributed by atoms with Crippen LogP contribution in [0.15, 0.2) is 34.9 Å². The lowest BCUT2D eigenvalue weighted by Gasteiger charge is -2.47. The average Bonchev–Trinajstić information content (AvgIpc) is 2.90. The minimum Gasteiger partial charge on any atom is -0.395 e. The van der Waals surface area contributed by atoms with Gasteiger partial charge in [0, 0.05) is 18.4 Å². The van der Waals surface area contributed by atoms with Crippen LogP contribution in [0.4, 0.5) is 0 Å². The molecule has 6 nitrogen and oxygen atoms in total. The van der Waals surface area contributed by atoms with Gasteiger partial charge in [-0.05, 0) is 18.4 Å². The summed E-state index contributed by atoms with van der Waals surface area (Å²) in [6, 6.07) is 9.91. The maximum Gasteiger partial charge on any atom is 0.292 e. The summed E-state index contributed by atoms with van der Waals surface area (Å²) in [4.78, 5) is 15.8. The molecule has 21 heavy (non-hydrogen) atoms. The minimum atomic E-state index is -0.337. The fourth-order valence-corrected chi connectivity index (χ4v) is 2.87. The molecule has 0 atom stereocenters. The van der Waals surface area contributed by atoms with Crippen LogP contribution in [-0.4, -0.2) is 33.8 Å². The molecule has 110 valence electrons. The number of hydrogen-bond donors (Lipinski definition) is 2. The minimum absolute atomic E-state index is 0.0173. The normalized spacial score (nSPS) is 24.4. The first-order valence-electron chi connectivity index (χ1n) is 6.90. The summed E-state index contributed by atoms with van der Waals surface area (Å²) in [6.45, 7) is 1.71. The predicted octanol–water partition coefficient (Wildman–Crippen LogP) is 1.20. The number of amides is 1. The second-order valence-corrected chi connectivity index (χ2v) is 5.52. The smallest absolute Gasteiger partial charge is 0.292 e. The van der Waals surface area contributed by atoms with Crippen LogP contribution in [0.2, 0.25) is 0 Å². The van der Waals surface area contributed by atoms with Crippen LogP contribution < -0.4 is 5.32 Å². The van der Waals surface area contributed by atoms with Gasteiger partial charge in [-0.2, -0.15) is 4.98 Å². The van der Waals surface area contributed by atoms with Crippen molar-refractivity contribution in [1.82, 2.24) is 15.5 Å². The number of nitrogens with one attached hydrogen (secondary N) is 1. The second-order valence-electron chi connectivity index (χ2n) is 5.52. The summed E-state index contributed by atoms with van der Waals surface area (Å²) in [5.41, 5.74) is 0.847. The van der Waals surface area contributed by atoms with Crippen molar-refractivity contribution in [3.05, 3.63) is 47.6 Å². The molecular formula is C15H17N3O3. The monoisotopic (exact) mass is 287 g/mol. The Kier molecular flexibility index (Phi) is 3.47. The van der Waals surface area contributed by atoms with Gasteiger partial charge in [-0.3, -0.25) is 4.79 Å². The molecule has 2 N–H and O–H groups in total. The fourth-order valence-electron chi connectivity index (χ4n) is 2.87. The van der Waals surface area contributed by atoms with Gasteiger partial charge in [0.1, 0.15) is 0 Å². The van der Waals surface area contributed by atoms with Crippen LogP contribution in [0, 0.1) is 6.92 Å². The van der Waals surface area contributed by atoms with Crippen molar-refractivity contribution in [1.29, 1.82) is 0 Å². The standard InChI is InChI=1S/C15H17N3O3/c1-10-16-13(18-21-10)14(20)17-12-7-15(8-12,9-19)11-5-3-2-4-6-11/h2-6,12,19H,7-9H2,1H3,(H,17,20). The largest absolute Gasteiger partial charge is 0.395 e. The fraction of sp³-hybridized carbons (Fsp3) is 0.400. The number of aryl methyl sites for hydroxylation is 1. The average molecular weight is 287 g/mol. The van der Waals surface area contributed by atoms with E-state index in [-0.39, 0.29) is 29.8 Å². The predicted molar refractivity (Wildman–Crippen MR) is 74.7 cm³/mol. The quantitative estimate of drug-likeness (QED) is 0.882. The van der Waals surface area contributed by atoms with Gasteiger partial charge in [0.2, 0.25) is 5.89 Å². The first kappa shape index (κ1) is 13.8. The Morgan fingerprint density at radius 3 is 2.71 bits per heavy atom. The van der Waals surface area contributed by atoms with Crippen LogP contribution in [0.1, 0.15) is 34.9 Å². The molecule has 1 heterocycles. The molecule has 3 rings (SSSR count). The Morgan fingerprint density at radius 2 is 2.14 bits per heavy atom. The number of aliphatic hydroxyl groups is 1. The van der Waals surface area contributed by atoms with Crippen molar-refractivity contribution in [3.63, 3.8) is 0 Å². The number of aliphatic hydroxyl groups excluding tert-OH is 1. The first-order valence-corrected chi connectivity index (χ1v) is 6.90. The number of nitrogens with zero attached hydrogens (tertiary/aromatic N) is 2. The van der Waals surface area contributed by atoms with Crippen LogP contribution in [0.5, 0.6) is 0 Å². The highest BCUT2D eigenvalue weighted by Crippen LogP contribution is 2.43. The third-order valence-electron chi connectivity index (χ3n) is 4.03. The molecule has 0 saturated heterocycles. The van der Waals surface area contributed by atoms with Crippen molar-refractivity contribution >= 4 is 5.91 Å². The molecule has 0 bridgehead atoms. The van der Waals surface area contributed by atoms with Crippen molar-refractivity contribution in [2.45, 2.75) is 31.2 Å². The summed E-state index contributed by atoms with van der Waals surface area (Å²) in [6.07, 6.45) is 1.41. The second kappa shape index (κ2) is 5.29. The molecule has 1 amide bonds. The zero-order valence-electron chi connectivity index (χ0n) is 11.7. The summed E-state index contributed by atoms with van der Waals surface area (Å²) in [5, 5.41) is 16.2. The van der Waals surface area contributed by atoms with Crippen LogP contribution >= 0.6 is 0 Å². The highest BCUT2D eigenvalue weighted by atomic mass is 16.5. The van der Waals surface area contributed by atoms with E-state index in [0.717, 1.165) is 5.56 Å². The lowest BCUT2D eigenvalue weighted by atomic mass is 9.62. The number of hydrogen-bond acceptors (Lipinski definition) is 5. The van der Waals surface area contributed by atoms with E-state index in [1.54, 1.807) is 6.92 Å². The Hall–Kier alpha value is -2.21. The van der Waals surface area contributed by atoms with E-state index in [4.69, 9.17) is 4.52 Å². The number of aromatic nitrogens is 2. The summed E-state index contributed by atoms with van der Waals surface area (Å²) >= 11 is 0. The zero-order valence-corrected chi connectivity index (χ0v) is 11.7. The van der Waals surface area contributed by atoms with Gasteiger partial charge in [-0.1, -0.05) is 35.5 Å². The van der Waals surface area contributed by atoms with E-state index in [0.29, 0.717) is 18.7 Å². The van der Waals surface area contributed by atoms with Crippen LogP contribution in [-0.2, 0) is 5.41 Å². The highest BCUT2D eigenvalue weighted by molar-refractivity contribution is 5.90. The topological polar surface area (TPSA) is 88.2 Å². The Balaban J connectivity index is 1.63. The molecule has 0 radical (unpaired) electrons. The number of rotatable bonds is 4. The summed E-state index contributed by atoms with van der Waals surface area (Å²) < 4.78 is 4.79. The number of carbonyl (C=O) groups is 1. The first-order chi connectivity index (χ1) is 10.1. The van der Waals surface area contributed by atoms with Crippen molar-refractivity contribution in [2.24, 2.45) is 0 Å². The Morgan fingerprint density at radius 1 is 1.43 bits per heavy atom. The van der Waals surface area contributed by atoms with E-state index >= 15 is 0 Å². The summed E-state index contributed by atoms with van der Waals surface area (Å²) in [7, 11) is 0. The maximum absolute atomic E-state index is 11.9. The van der Waals surface area contributed by atoms with Gasteiger partial charge in [0.05, 0.1) is 6.61 Å². The Labute approximate surface area is 122 Å². The van der Waals surface area contributed by atoms with Crippen molar-refractivity contribution in [2.75, 3.05) is 6.61 Å². The molecule has 1 saturated carbocycles. The van der Waals surface area contributed by atoms with Crippen LogP contribution in [0.25, 0.3) is 0 Å². The summed E-state index contributed by atoms with van der Waals surface area (Å²) in [5.74, 6) is 0.0768. The molecular weight excluding hydrogens is 270 g/mol. The van der Waals surface area contributed by atoms with E-state index in [9.17, 15) is 9.90 Å². The molecule has 1 fully saturated rings. The molecule has 2 aromatic rings. The Bertz CT molecular complexity index is 633. The maximum atomic E-state index is 11.9. The third kappa shape index (κ3) is 2.54. The molecule has 0 unspecified atom stereocenters. The number of benzene rings is 1. The number of carbonyl (C=O) groups excluding carboxylic acids is 1. The van der Waals surface area contributed by atoms with E-state index in [1.807, 2.05) is 30.3 Å². The molecule has 1 aromatic heterocycles. The zero-order chi connectivity index (χ0) is 14.9. The van der Waals surface area contributed by atoms with Gasteiger partial charge >= 0.3 is 0 Å². The van der Waals surface area contributed by atoms with Gasteiger partial charge in [-0.25, -0.2) is 0 Å². The van der Waals surface area contributed by atoms with Gasteiger partial charge in [0.15, 0.2) is 0 Å². The van der Waals surface area contributed by atoms with Gasteiger partial charge in [0.25, 0.3) is 11.7 Å². The van der Waals surface area contributed by atoms with Crippen molar-refractivity contribution in [3.8, 4) is 0 Å². The molecule has 0 spiro atoms. The molecule has 1 aromatic carbocycles. The van der Waals surface area contributed by atoms with Crippen molar-refractivity contribution < 1.29 is 14.4 Å². The van der Waals surface area contributed by atoms with Gasteiger partial charge < -0.3 is 14.9 Å². The van der Waals surface area contributed by atoms with E-state index in [1.165, 1.54) is 0 Å². The lowest BCUT2D eigenvalue weighted by molar-refractivity contribution is 0.0692. The lowest BCUT2D eigenvalue weighted by Crippen LogP contribution is -2.55. The molecule has 0 aliphatic heterocycles. The van der Waals surface area contributed by atoms with Crippen LogP contribution in [0.3, 0.4) is 0 Å². The highest BCUT2D eigenvalue weighted by Gasteiger charge is 2.45.